The average molecular weight is 251 g/mol. The zero-order chi connectivity index (χ0) is 13.4. The Morgan fingerprint density at radius 3 is 2.61 bits per heavy atom. The Morgan fingerprint density at radius 1 is 1.17 bits per heavy atom. The lowest BCUT2D eigenvalue weighted by Gasteiger charge is -2.30. The molecule has 1 rings (SSSR count). The lowest BCUT2D eigenvalue weighted by Crippen LogP contribution is -2.25. The molecule has 0 atom stereocenters. The maximum Gasteiger partial charge on any atom is 0.00103 e. The minimum absolute atomic E-state index is 0.413. The molecule has 0 unspecified atom stereocenters. The van der Waals surface area contributed by atoms with Crippen molar-refractivity contribution in [2.45, 2.75) is 85.1 Å². The number of allylic oxidation sites excluding steroid dienone is 2. The molecular weight excluding hydrogens is 218 g/mol. The van der Waals surface area contributed by atoms with Crippen molar-refractivity contribution in [1.82, 2.24) is 5.32 Å². The first-order valence-corrected chi connectivity index (χ1v) is 7.95. The number of hydrogen-bond donors (Lipinski definition) is 1. The first kappa shape index (κ1) is 15.8. The lowest BCUT2D eigenvalue weighted by atomic mass is 9.76. The molecule has 1 N–H and O–H groups in total. The van der Waals surface area contributed by atoms with E-state index in [1.54, 1.807) is 5.57 Å². The summed E-state index contributed by atoms with van der Waals surface area (Å²) in [5, 5.41) is 3.52. The Balaban J connectivity index is 2.39. The van der Waals surface area contributed by atoms with Crippen LogP contribution in [0.15, 0.2) is 11.6 Å². The maximum atomic E-state index is 3.52. The fourth-order valence-corrected chi connectivity index (χ4v) is 2.89. The molecule has 0 bridgehead atoms. The third-order valence-corrected chi connectivity index (χ3v) is 4.19. The van der Waals surface area contributed by atoms with Crippen LogP contribution >= 0.6 is 0 Å². The Hall–Kier alpha value is -0.300. The molecular formula is C17H33N. The van der Waals surface area contributed by atoms with Gasteiger partial charge in [0.15, 0.2) is 0 Å². The molecule has 0 aromatic carbocycles. The van der Waals surface area contributed by atoms with Crippen LogP contribution in [0.2, 0.25) is 0 Å². The molecule has 0 fully saturated rings. The van der Waals surface area contributed by atoms with Crippen molar-refractivity contribution in [3.05, 3.63) is 11.6 Å². The summed E-state index contributed by atoms with van der Waals surface area (Å²) in [5.74, 6) is 0. The normalized spacial score (nSPS) is 21.3. The van der Waals surface area contributed by atoms with Crippen molar-refractivity contribution in [3.8, 4) is 0 Å². The van der Waals surface area contributed by atoms with E-state index in [4.69, 9.17) is 0 Å². The molecule has 0 heterocycles. The highest BCUT2D eigenvalue weighted by Gasteiger charge is 2.22. The zero-order valence-electron chi connectivity index (χ0n) is 13.0. The van der Waals surface area contributed by atoms with E-state index in [9.17, 15) is 0 Å². The Bertz CT molecular complexity index is 250. The number of nitrogens with one attached hydrogen (secondary N) is 1. The molecule has 1 aliphatic carbocycles. The first-order valence-electron chi connectivity index (χ1n) is 7.95. The summed E-state index contributed by atoms with van der Waals surface area (Å²) in [6.07, 6.45) is 13.5. The first-order chi connectivity index (χ1) is 8.52. The summed E-state index contributed by atoms with van der Waals surface area (Å²) in [6, 6.07) is 0.619. The van der Waals surface area contributed by atoms with Gasteiger partial charge in [0.2, 0.25) is 0 Å². The molecule has 106 valence electrons. The van der Waals surface area contributed by atoms with Crippen LogP contribution in [0.1, 0.15) is 79.1 Å². The van der Waals surface area contributed by atoms with E-state index >= 15 is 0 Å². The van der Waals surface area contributed by atoms with Crippen molar-refractivity contribution < 1.29 is 0 Å². The zero-order valence-corrected chi connectivity index (χ0v) is 13.0. The van der Waals surface area contributed by atoms with Crippen molar-refractivity contribution in [2.24, 2.45) is 5.41 Å². The van der Waals surface area contributed by atoms with Crippen molar-refractivity contribution in [2.75, 3.05) is 6.54 Å². The molecule has 18 heavy (non-hydrogen) atoms. The highest BCUT2D eigenvalue weighted by Crippen LogP contribution is 2.36. The van der Waals surface area contributed by atoms with Crippen LogP contribution in [-0.4, -0.2) is 12.6 Å². The van der Waals surface area contributed by atoms with Gasteiger partial charge in [-0.25, -0.2) is 0 Å². The SMILES string of the molecule is CC(C)NCCCC(C)(C)/C1=C/CCCCCC1. The fraction of sp³-hybridized carbons (Fsp3) is 0.882. The van der Waals surface area contributed by atoms with E-state index in [0.717, 1.165) is 6.54 Å². The molecule has 0 radical (unpaired) electrons. The van der Waals surface area contributed by atoms with Gasteiger partial charge in [-0.3, -0.25) is 0 Å². The summed E-state index contributed by atoms with van der Waals surface area (Å²) < 4.78 is 0. The molecule has 0 saturated heterocycles. The maximum absolute atomic E-state index is 3.52. The number of hydrogen-bond acceptors (Lipinski definition) is 1. The standard InChI is InChI=1S/C17H33N/c1-15(2)18-14-10-13-17(3,4)16-11-8-6-5-7-9-12-16/h11,15,18H,5-10,12-14H2,1-4H3/b16-11+. The van der Waals surface area contributed by atoms with Gasteiger partial charge in [0, 0.05) is 6.04 Å². The summed E-state index contributed by atoms with van der Waals surface area (Å²) in [7, 11) is 0. The molecule has 0 spiro atoms. The van der Waals surface area contributed by atoms with E-state index in [0.29, 0.717) is 11.5 Å². The summed E-state index contributed by atoms with van der Waals surface area (Å²) >= 11 is 0. The molecule has 0 aromatic heterocycles. The Kier molecular flexibility index (Phi) is 6.99. The van der Waals surface area contributed by atoms with Gasteiger partial charge in [-0.2, -0.15) is 0 Å². The second kappa shape index (κ2) is 7.99. The van der Waals surface area contributed by atoms with Crippen molar-refractivity contribution >= 4 is 0 Å². The fourth-order valence-electron chi connectivity index (χ4n) is 2.89. The van der Waals surface area contributed by atoms with Crippen LogP contribution in [-0.2, 0) is 0 Å². The number of rotatable bonds is 6. The van der Waals surface area contributed by atoms with Crippen LogP contribution in [0, 0.1) is 5.41 Å². The van der Waals surface area contributed by atoms with Crippen LogP contribution in [0.3, 0.4) is 0 Å². The predicted octanol–water partition coefficient (Wildman–Crippen LogP) is 5.07. The van der Waals surface area contributed by atoms with Crippen LogP contribution < -0.4 is 5.32 Å². The van der Waals surface area contributed by atoms with Gasteiger partial charge in [-0.1, -0.05) is 52.2 Å². The van der Waals surface area contributed by atoms with Crippen molar-refractivity contribution in [3.63, 3.8) is 0 Å². The largest absolute Gasteiger partial charge is 0.315 e. The van der Waals surface area contributed by atoms with Gasteiger partial charge in [-0.05, 0) is 50.5 Å². The highest BCUT2D eigenvalue weighted by atomic mass is 14.9. The van der Waals surface area contributed by atoms with Crippen LogP contribution in [0.5, 0.6) is 0 Å². The van der Waals surface area contributed by atoms with Gasteiger partial charge in [0.1, 0.15) is 0 Å². The second-order valence-corrected chi connectivity index (χ2v) is 6.78. The molecule has 0 saturated carbocycles. The third-order valence-electron chi connectivity index (χ3n) is 4.19. The summed E-state index contributed by atoms with van der Waals surface area (Å²) in [5.41, 5.74) is 2.14. The molecule has 0 aromatic rings. The van der Waals surface area contributed by atoms with E-state index in [-0.39, 0.29) is 0 Å². The van der Waals surface area contributed by atoms with E-state index in [2.05, 4.69) is 39.1 Å². The van der Waals surface area contributed by atoms with E-state index in [1.807, 2.05) is 0 Å². The van der Waals surface area contributed by atoms with Gasteiger partial charge >= 0.3 is 0 Å². The molecule has 0 aliphatic heterocycles. The van der Waals surface area contributed by atoms with Crippen molar-refractivity contribution in [1.29, 1.82) is 0 Å². The van der Waals surface area contributed by atoms with E-state index < -0.39 is 0 Å². The summed E-state index contributed by atoms with van der Waals surface area (Å²) in [4.78, 5) is 0. The minimum atomic E-state index is 0.413. The molecule has 1 nitrogen and oxygen atoms in total. The van der Waals surface area contributed by atoms with E-state index in [1.165, 1.54) is 51.4 Å². The second-order valence-electron chi connectivity index (χ2n) is 6.78. The Labute approximate surface area is 114 Å². The van der Waals surface area contributed by atoms with Gasteiger partial charge in [0.05, 0.1) is 0 Å². The monoisotopic (exact) mass is 251 g/mol. The molecule has 1 aliphatic rings. The van der Waals surface area contributed by atoms with Crippen LogP contribution in [0.25, 0.3) is 0 Å². The lowest BCUT2D eigenvalue weighted by molar-refractivity contribution is 0.365. The van der Waals surface area contributed by atoms with Crippen LogP contribution in [0.4, 0.5) is 0 Å². The summed E-state index contributed by atoms with van der Waals surface area (Å²) in [6.45, 7) is 10.5. The quantitative estimate of drug-likeness (QED) is 0.513. The van der Waals surface area contributed by atoms with Gasteiger partial charge in [-0.15, -0.1) is 0 Å². The third kappa shape index (κ3) is 6.04. The average Bonchev–Trinajstić information content (AvgIpc) is 2.23. The molecule has 0 amide bonds. The van der Waals surface area contributed by atoms with Gasteiger partial charge in [0.25, 0.3) is 0 Å². The Morgan fingerprint density at radius 2 is 1.89 bits per heavy atom. The minimum Gasteiger partial charge on any atom is -0.315 e. The highest BCUT2D eigenvalue weighted by molar-refractivity contribution is 5.12. The smallest absolute Gasteiger partial charge is 0.00103 e. The van der Waals surface area contributed by atoms with Gasteiger partial charge < -0.3 is 5.32 Å². The predicted molar refractivity (Wildman–Crippen MR) is 81.9 cm³/mol. The molecule has 1 heteroatoms. The topological polar surface area (TPSA) is 12.0 Å².